The molecule has 1 unspecified atom stereocenters. The van der Waals surface area contributed by atoms with Crippen molar-refractivity contribution in [3.63, 3.8) is 0 Å². The van der Waals surface area contributed by atoms with E-state index >= 15 is 0 Å². The summed E-state index contributed by atoms with van der Waals surface area (Å²) in [6.45, 7) is 5.42. The molecule has 1 atom stereocenters. The van der Waals surface area contributed by atoms with E-state index in [1.807, 2.05) is 24.3 Å². The van der Waals surface area contributed by atoms with Gasteiger partial charge in [0.25, 0.3) is 0 Å². The van der Waals surface area contributed by atoms with Crippen LogP contribution in [0, 0.1) is 5.82 Å². The van der Waals surface area contributed by atoms with Gasteiger partial charge in [0.15, 0.2) is 0 Å². The second-order valence-corrected chi connectivity index (χ2v) is 14.0. The highest BCUT2D eigenvalue weighted by Gasteiger charge is 2.26. The molecule has 240 valence electrons. The predicted octanol–water partition coefficient (Wildman–Crippen LogP) is 8.28. The molecular weight excluding hydrogens is 578 g/mol. The number of fused-ring (bicyclic) bond motifs is 1. The van der Waals surface area contributed by atoms with Gasteiger partial charge in [0.1, 0.15) is 11.6 Å². The Labute approximate surface area is 256 Å². The number of unbranched alkanes of at least 4 members (excludes halogenated alkanes) is 3. The quantitative estimate of drug-likeness (QED) is 0.137. The van der Waals surface area contributed by atoms with Gasteiger partial charge in [-0.15, -0.1) is 0 Å². The highest BCUT2D eigenvalue weighted by molar-refractivity contribution is 7.84. The first kappa shape index (κ1) is 35.3. The lowest BCUT2D eigenvalue weighted by atomic mass is 9.89. The number of allylic oxidation sites excluding steroid dienone is 2. The summed E-state index contributed by atoms with van der Waals surface area (Å²) in [5.74, 6) is 0.449. The van der Waals surface area contributed by atoms with Crippen LogP contribution in [0.5, 0.6) is 5.75 Å². The van der Waals surface area contributed by atoms with Crippen molar-refractivity contribution in [1.82, 2.24) is 4.90 Å². The summed E-state index contributed by atoms with van der Waals surface area (Å²) in [6, 6.07) is 12.3. The lowest BCUT2D eigenvalue weighted by Crippen LogP contribution is -2.40. The molecule has 2 N–H and O–H groups in total. The van der Waals surface area contributed by atoms with Crippen molar-refractivity contribution >= 4 is 21.9 Å². The van der Waals surface area contributed by atoms with Gasteiger partial charge in [-0.2, -0.15) is 13.2 Å². The van der Waals surface area contributed by atoms with Crippen molar-refractivity contribution in [2.24, 2.45) is 0 Å². The van der Waals surface area contributed by atoms with Gasteiger partial charge >= 0.3 is 6.18 Å². The summed E-state index contributed by atoms with van der Waals surface area (Å²) in [7, 11) is -1.27. The molecule has 3 rings (SSSR count). The molecule has 0 saturated heterocycles. The van der Waals surface area contributed by atoms with Crippen molar-refractivity contribution in [2.75, 3.05) is 31.1 Å². The van der Waals surface area contributed by atoms with Crippen LogP contribution >= 0.6 is 0 Å². The number of alkyl halides is 3. The first-order valence-electron chi connectivity index (χ1n) is 15.5. The lowest BCUT2D eigenvalue weighted by Gasteiger charge is -2.29. The van der Waals surface area contributed by atoms with Crippen molar-refractivity contribution in [2.45, 2.75) is 96.3 Å². The minimum Gasteiger partial charge on any atom is -0.508 e. The van der Waals surface area contributed by atoms with Gasteiger partial charge in [-0.1, -0.05) is 31.0 Å². The van der Waals surface area contributed by atoms with Crippen molar-refractivity contribution in [3.05, 3.63) is 65.0 Å². The fraction of sp³-hybridized carbons (Fsp3) is 0.588. The average molecular weight is 626 g/mol. The standard InChI is InChI=1S/C34H47F4NO3S/c1-33(2,41)25-39(21-9-23-43(42)22-8-19-34(36,37)38)20-6-4-3-5-11-32-30(26-13-15-28(35)16-14-26)12-7-10-27-24-29(40)17-18-31(27)32/h13-18,24,40-41H,3-12,19-23,25H2,1-2H3. The molecule has 0 radical (unpaired) electrons. The van der Waals surface area contributed by atoms with Gasteiger partial charge in [-0.05, 0) is 130 Å². The van der Waals surface area contributed by atoms with Crippen LogP contribution in [0.25, 0.3) is 11.1 Å². The Morgan fingerprint density at radius 2 is 1.56 bits per heavy atom. The molecule has 2 aromatic rings. The zero-order valence-electron chi connectivity index (χ0n) is 25.5. The normalized spacial score (nSPS) is 15.1. The summed E-state index contributed by atoms with van der Waals surface area (Å²) in [5, 5.41) is 20.5. The number of aryl methyl sites for hydroxylation is 1. The van der Waals surface area contributed by atoms with E-state index < -0.39 is 29.0 Å². The summed E-state index contributed by atoms with van der Waals surface area (Å²) in [4.78, 5) is 2.16. The Morgan fingerprint density at radius 3 is 2.26 bits per heavy atom. The van der Waals surface area contributed by atoms with Gasteiger partial charge in [-0.25, -0.2) is 4.39 Å². The lowest BCUT2D eigenvalue weighted by molar-refractivity contribution is -0.134. The molecule has 0 fully saturated rings. The van der Waals surface area contributed by atoms with Crippen molar-refractivity contribution in [1.29, 1.82) is 0 Å². The predicted molar refractivity (Wildman–Crippen MR) is 168 cm³/mol. The van der Waals surface area contributed by atoms with Gasteiger partial charge < -0.3 is 15.1 Å². The Balaban J connectivity index is 1.53. The van der Waals surface area contributed by atoms with E-state index in [1.54, 1.807) is 19.9 Å². The maximum absolute atomic E-state index is 13.7. The molecule has 0 aliphatic heterocycles. The molecule has 4 nitrogen and oxygen atoms in total. The largest absolute Gasteiger partial charge is 0.508 e. The summed E-state index contributed by atoms with van der Waals surface area (Å²) in [5.41, 5.74) is 5.00. The first-order chi connectivity index (χ1) is 20.3. The fourth-order valence-electron chi connectivity index (χ4n) is 5.90. The number of nitrogens with zero attached hydrogens (tertiary/aromatic N) is 1. The maximum atomic E-state index is 13.7. The molecule has 1 aliphatic carbocycles. The van der Waals surface area contributed by atoms with Gasteiger partial charge in [0.2, 0.25) is 0 Å². The number of phenolic OH excluding ortho intramolecular Hbond substituents is 1. The van der Waals surface area contributed by atoms with Crippen LogP contribution in [-0.2, 0) is 17.2 Å². The molecule has 9 heteroatoms. The Morgan fingerprint density at radius 1 is 0.884 bits per heavy atom. The molecule has 0 spiro atoms. The van der Waals surface area contributed by atoms with E-state index in [0.717, 1.165) is 69.0 Å². The molecule has 2 aromatic carbocycles. The highest BCUT2D eigenvalue weighted by Crippen LogP contribution is 2.39. The van der Waals surface area contributed by atoms with Crippen LogP contribution < -0.4 is 0 Å². The van der Waals surface area contributed by atoms with Crippen LogP contribution in [0.3, 0.4) is 0 Å². The van der Waals surface area contributed by atoms with Crippen LogP contribution in [0.1, 0.15) is 94.7 Å². The number of hydrogen-bond acceptors (Lipinski definition) is 4. The van der Waals surface area contributed by atoms with Crippen LogP contribution in [0.2, 0.25) is 0 Å². The second-order valence-electron chi connectivity index (χ2n) is 12.3. The number of benzene rings is 2. The number of aromatic hydroxyl groups is 1. The van der Waals surface area contributed by atoms with E-state index in [4.69, 9.17) is 0 Å². The van der Waals surface area contributed by atoms with E-state index in [9.17, 15) is 32.0 Å². The maximum Gasteiger partial charge on any atom is 0.389 e. The minimum absolute atomic E-state index is 0.0654. The van der Waals surface area contributed by atoms with Gasteiger partial charge in [0, 0.05) is 35.3 Å². The second kappa shape index (κ2) is 16.7. The SMILES string of the molecule is CC(C)(O)CN(CCCCCCC1=C(c2ccc(F)cc2)CCCc2cc(O)ccc21)CCCS(=O)CCCC(F)(F)F. The van der Waals surface area contributed by atoms with Gasteiger partial charge in [0.05, 0.1) is 5.60 Å². The van der Waals surface area contributed by atoms with Crippen LogP contribution in [-0.4, -0.2) is 62.2 Å². The van der Waals surface area contributed by atoms with Crippen LogP contribution in [0.4, 0.5) is 17.6 Å². The van der Waals surface area contributed by atoms with Crippen LogP contribution in [0.15, 0.2) is 42.5 Å². The number of rotatable bonds is 17. The van der Waals surface area contributed by atoms with E-state index in [0.29, 0.717) is 25.3 Å². The van der Waals surface area contributed by atoms with Crippen molar-refractivity contribution < 1.29 is 32.0 Å². The number of halogens is 4. The third kappa shape index (κ3) is 13.1. The zero-order chi connectivity index (χ0) is 31.5. The van der Waals surface area contributed by atoms with E-state index in [1.165, 1.54) is 28.8 Å². The molecule has 1 aliphatic rings. The molecule has 43 heavy (non-hydrogen) atoms. The first-order valence-corrected chi connectivity index (χ1v) is 17.0. The third-order valence-electron chi connectivity index (χ3n) is 7.78. The minimum atomic E-state index is -4.21. The van der Waals surface area contributed by atoms with Crippen molar-refractivity contribution in [3.8, 4) is 5.75 Å². The molecule has 0 aromatic heterocycles. The highest BCUT2D eigenvalue weighted by atomic mass is 32.2. The topological polar surface area (TPSA) is 60.8 Å². The van der Waals surface area contributed by atoms with E-state index in [-0.39, 0.29) is 23.7 Å². The summed E-state index contributed by atoms with van der Waals surface area (Å²) < 4.78 is 62.9. The number of aliphatic hydroxyl groups is 1. The Bertz CT molecular complexity index is 1210. The van der Waals surface area contributed by atoms with Gasteiger partial charge in [-0.3, -0.25) is 4.21 Å². The Kier molecular flexibility index (Phi) is 13.7. The molecule has 0 amide bonds. The monoisotopic (exact) mass is 625 g/mol. The summed E-state index contributed by atoms with van der Waals surface area (Å²) >= 11 is 0. The average Bonchev–Trinajstić information content (AvgIpc) is 3.08. The molecular formula is C34H47F4NO3S. The fourth-order valence-corrected chi connectivity index (χ4v) is 7.02. The third-order valence-corrected chi connectivity index (χ3v) is 9.27. The number of hydrogen-bond donors (Lipinski definition) is 2. The molecule has 0 heterocycles. The Hall–Kier alpha value is -2.23. The number of phenols is 1. The molecule has 0 bridgehead atoms. The zero-order valence-corrected chi connectivity index (χ0v) is 26.3. The summed E-state index contributed by atoms with van der Waals surface area (Å²) in [6.07, 6.45) is 2.99. The smallest absolute Gasteiger partial charge is 0.389 e. The van der Waals surface area contributed by atoms with E-state index in [2.05, 4.69) is 4.90 Å². The molecule has 0 saturated carbocycles.